The van der Waals surface area contributed by atoms with E-state index >= 15 is 0 Å². The molecule has 0 radical (unpaired) electrons. The maximum Gasteiger partial charge on any atom is 0.320 e. The van der Waals surface area contributed by atoms with Crippen LogP contribution in [-0.2, 0) is 14.3 Å². The first kappa shape index (κ1) is 13.2. The van der Waals surface area contributed by atoms with E-state index in [9.17, 15) is 14.7 Å². The van der Waals surface area contributed by atoms with Crippen molar-refractivity contribution < 1.29 is 19.4 Å². The van der Waals surface area contributed by atoms with Crippen molar-refractivity contribution in [2.75, 3.05) is 6.54 Å². The normalized spacial score (nSPS) is 44.6. The summed E-state index contributed by atoms with van der Waals surface area (Å²) in [5.41, 5.74) is 5.67. The van der Waals surface area contributed by atoms with E-state index in [0.29, 0.717) is 5.57 Å². The zero-order chi connectivity index (χ0) is 15.4. The topological polar surface area (TPSA) is 89.6 Å². The number of ketones is 1. The quantitative estimate of drug-likeness (QED) is 0.721. The van der Waals surface area contributed by atoms with Crippen molar-refractivity contribution in [1.82, 2.24) is 0 Å². The zero-order valence-corrected chi connectivity index (χ0v) is 12.4. The number of ether oxygens (including phenoxy) is 1. The molecule has 2 unspecified atom stereocenters. The highest BCUT2D eigenvalue weighted by Gasteiger charge is 2.94. The van der Waals surface area contributed by atoms with Crippen molar-refractivity contribution in [3.63, 3.8) is 0 Å². The van der Waals surface area contributed by atoms with Gasteiger partial charge in [-0.3, -0.25) is 9.59 Å². The largest absolute Gasteiger partial charge is 0.456 e. The molecule has 0 bridgehead atoms. The Hall–Kier alpha value is -1.46. The lowest BCUT2D eigenvalue weighted by atomic mass is 9.77. The predicted octanol–water partition coefficient (Wildman–Crippen LogP) is 0.473. The Labute approximate surface area is 122 Å². The van der Waals surface area contributed by atoms with E-state index in [2.05, 4.69) is 0 Å². The van der Waals surface area contributed by atoms with Crippen LogP contribution >= 0.6 is 0 Å². The number of aliphatic hydroxyl groups is 1. The van der Waals surface area contributed by atoms with E-state index in [1.165, 1.54) is 0 Å². The maximum atomic E-state index is 12.6. The molecule has 4 aliphatic carbocycles. The van der Waals surface area contributed by atoms with Gasteiger partial charge in [0.2, 0.25) is 0 Å². The smallest absolute Gasteiger partial charge is 0.320 e. The third-order valence-electron chi connectivity index (χ3n) is 5.89. The second-order valence-corrected chi connectivity index (χ2v) is 7.32. The van der Waals surface area contributed by atoms with Crippen molar-refractivity contribution in [2.45, 2.75) is 38.9 Å². The summed E-state index contributed by atoms with van der Waals surface area (Å²) in [7, 11) is 0. The minimum Gasteiger partial charge on any atom is -0.456 e. The molecule has 21 heavy (non-hydrogen) atoms. The second-order valence-electron chi connectivity index (χ2n) is 7.32. The van der Waals surface area contributed by atoms with Gasteiger partial charge in [-0.15, -0.1) is 0 Å². The summed E-state index contributed by atoms with van der Waals surface area (Å²) in [5, 5.41) is 10.6. The Morgan fingerprint density at radius 3 is 2.76 bits per heavy atom. The average molecular weight is 289 g/mol. The van der Waals surface area contributed by atoms with Gasteiger partial charge in [0.1, 0.15) is 11.7 Å². The van der Waals surface area contributed by atoms with Gasteiger partial charge in [0, 0.05) is 27.9 Å². The summed E-state index contributed by atoms with van der Waals surface area (Å²) in [6, 6.07) is 0. The van der Waals surface area contributed by atoms with Crippen LogP contribution in [0.5, 0.6) is 0 Å². The Bertz CT molecular complexity index is 674. The van der Waals surface area contributed by atoms with Crippen LogP contribution in [0.3, 0.4) is 0 Å². The fourth-order valence-electron chi connectivity index (χ4n) is 4.56. The fourth-order valence-corrected chi connectivity index (χ4v) is 4.56. The minimum atomic E-state index is -1.19. The molecular formula is C16H19NO4. The van der Waals surface area contributed by atoms with Crippen molar-refractivity contribution >= 4 is 11.8 Å². The highest BCUT2D eigenvalue weighted by atomic mass is 16.5. The standard InChI is InChI=1S/C16H19NO4/c1-7-11-8(12(19)16(20)9-5-15(7,9)16)4-14(2,3)13(11)21-10(18)6-17/h4,9,13,20H,5-6,17H2,1-3H3/t9?,13-,15?,16+/m1/s1. The molecule has 0 aliphatic heterocycles. The molecule has 0 amide bonds. The van der Waals surface area contributed by atoms with Crippen LogP contribution in [0, 0.1) is 16.7 Å². The summed E-state index contributed by atoms with van der Waals surface area (Å²) < 4.78 is 5.52. The molecule has 4 aliphatic rings. The highest BCUT2D eigenvalue weighted by molar-refractivity contribution is 6.14. The summed E-state index contributed by atoms with van der Waals surface area (Å²) in [4.78, 5) is 24.3. The third-order valence-corrected chi connectivity index (χ3v) is 5.89. The SMILES string of the molecule is CC1=C2C(=CC(C)(C)[C@@H]2OC(=O)CN)C(=O)[C@@]2(O)C3CC132. The van der Waals surface area contributed by atoms with Crippen molar-refractivity contribution in [2.24, 2.45) is 22.5 Å². The molecule has 0 aromatic rings. The number of hydrogen-bond acceptors (Lipinski definition) is 5. The molecule has 3 N–H and O–H groups in total. The summed E-state index contributed by atoms with van der Waals surface area (Å²) in [6.45, 7) is 5.63. The van der Waals surface area contributed by atoms with Crippen LogP contribution in [-0.4, -0.2) is 35.1 Å². The Balaban J connectivity index is 1.84. The molecular weight excluding hydrogens is 270 g/mol. The summed E-state index contributed by atoms with van der Waals surface area (Å²) >= 11 is 0. The van der Waals surface area contributed by atoms with Crippen molar-refractivity contribution in [3.8, 4) is 0 Å². The van der Waals surface area contributed by atoms with Crippen LogP contribution in [0.2, 0.25) is 0 Å². The first-order valence-corrected chi connectivity index (χ1v) is 7.33. The fraction of sp³-hybridized carbons (Fsp3) is 0.625. The Morgan fingerprint density at radius 2 is 2.19 bits per heavy atom. The highest BCUT2D eigenvalue weighted by Crippen LogP contribution is 2.88. The third kappa shape index (κ3) is 1.18. The molecule has 4 rings (SSSR count). The van der Waals surface area contributed by atoms with Gasteiger partial charge in [-0.1, -0.05) is 25.5 Å². The maximum absolute atomic E-state index is 12.6. The first-order chi connectivity index (χ1) is 9.71. The van der Waals surface area contributed by atoms with Gasteiger partial charge >= 0.3 is 5.97 Å². The molecule has 0 aromatic heterocycles. The van der Waals surface area contributed by atoms with Gasteiger partial charge in [0.05, 0.1) is 6.54 Å². The Morgan fingerprint density at radius 1 is 1.52 bits per heavy atom. The van der Waals surface area contributed by atoms with Gasteiger partial charge in [0.15, 0.2) is 5.78 Å². The minimum absolute atomic E-state index is 0.0606. The van der Waals surface area contributed by atoms with Crippen molar-refractivity contribution in [3.05, 3.63) is 22.8 Å². The summed E-state index contributed by atoms with van der Waals surface area (Å²) in [5.74, 6) is -0.610. The molecule has 5 heteroatoms. The molecule has 4 atom stereocenters. The number of nitrogens with two attached hydrogens (primary N) is 1. The molecule has 5 nitrogen and oxygen atoms in total. The number of carbonyl (C=O) groups excluding carboxylic acids is 2. The number of esters is 1. The monoisotopic (exact) mass is 289 g/mol. The average Bonchev–Trinajstić information content (AvgIpc) is 3.27. The number of Topliss-reactive ketones (excluding diaryl/α,β-unsaturated/α-hetero) is 1. The van der Waals surface area contributed by atoms with Crippen LogP contribution < -0.4 is 5.73 Å². The van der Waals surface area contributed by atoms with E-state index in [1.54, 1.807) is 0 Å². The number of fused-ring (bicyclic) bond motifs is 2. The van der Waals surface area contributed by atoms with Crippen molar-refractivity contribution in [1.29, 1.82) is 0 Å². The van der Waals surface area contributed by atoms with Crippen LogP contribution in [0.1, 0.15) is 27.2 Å². The van der Waals surface area contributed by atoms with Crippen LogP contribution in [0.15, 0.2) is 22.8 Å². The van der Waals surface area contributed by atoms with Gasteiger partial charge in [0.25, 0.3) is 0 Å². The molecule has 0 heterocycles. The van der Waals surface area contributed by atoms with Gasteiger partial charge in [-0.05, 0) is 13.3 Å². The van der Waals surface area contributed by atoms with E-state index in [0.717, 1.165) is 17.6 Å². The van der Waals surface area contributed by atoms with E-state index in [1.807, 2.05) is 26.8 Å². The lowest BCUT2D eigenvalue weighted by molar-refractivity contribution is -0.149. The second kappa shape index (κ2) is 3.31. The van der Waals surface area contributed by atoms with E-state index < -0.39 is 23.1 Å². The van der Waals surface area contributed by atoms with Crippen LogP contribution in [0.4, 0.5) is 0 Å². The van der Waals surface area contributed by atoms with E-state index in [4.69, 9.17) is 10.5 Å². The number of rotatable bonds is 2. The van der Waals surface area contributed by atoms with Crippen LogP contribution in [0.25, 0.3) is 0 Å². The van der Waals surface area contributed by atoms with Gasteiger partial charge in [-0.2, -0.15) is 0 Å². The molecule has 112 valence electrons. The Kier molecular flexibility index (Phi) is 2.08. The van der Waals surface area contributed by atoms with E-state index in [-0.39, 0.29) is 23.7 Å². The molecule has 2 fully saturated rings. The molecule has 0 aromatic carbocycles. The molecule has 0 saturated heterocycles. The molecule has 2 saturated carbocycles. The predicted molar refractivity (Wildman–Crippen MR) is 74.0 cm³/mol. The first-order valence-electron chi connectivity index (χ1n) is 7.33. The number of hydrogen-bond donors (Lipinski definition) is 2. The lowest BCUT2D eigenvalue weighted by Gasteiger charge is -2.33. The van der Waals surface area contributed by atoms with Gasteiger partial charge in [-0.25, -0.2) is 0 Å². The lowest BCUT2D eigenvalue weighted by Crippen LogP contribution is -2.41. The summed E-state index contributed by atoms with van der Waals surface area (Å²) in [6.07, 6.45) is 2.20. The molecule has 1 spiro atoms. The van der Waals surface area contributed by atoms with Gasteiger partial charge < -0.3 is 15.6 Å². The zero-order valence-electron chi connectivity index (χ0n) is 12.4. The number of carbonyl (C=O) groups is 2.